The van der Waals surface area contributed by atoms with Crippen molar-refractivity contribution in [3.8, 4) is 0 Å². The molecular weight excluding hydrogens is 380 g/mol. The fourth-order valence-corrected chi connectivity index (χ4v) is 3.33. The van der Waals surface area contributed by atoms with Gasteiger partial charge in [0, 0.05) is 26.2 Å². The number of ether oxygens (including phenoxy) is 1. The number of carbonyl (C=O) groups is 2. The number of nitrogens with zero attached hydrogens (tertiary/aromatic N) is 1. The van der Waals surface area contributed by atoms with E-state index in [1.165, 1.54) is 39.2 Å². The molecule has 0 aliphatic heterocycles. The molecule has 0 saturated heterocycles. The number of halogens is 1. The second-order valence-corrected chi connectivity index (χ2v) is 9.01. The lowest BCUT2D eigenvalue weighted by Crippen LogP contribution is -2.30. The lowest BCUT2D eigenvalue weighted by atomic mass is 10.1. The van der Waals surface area contributed by atoms with Crippen LogP contribution in [-0.2, 0) is 24.3 Å². The standard InChI is InChI=1S/C17H25ClN2O5S/c1-11(2)6-9-16(21)25-12(3)17(22)19-13-7-8-14(18)15(10-13)26(23,24)20(4)5/h7-8,10-12H,6,9H2,1-5H3,(H,19,22)/t12-/m1/s1. The highest BCUT2D eigenvalue weighted by Gasteiger charge is 2.23. The number of carbonyl (C=O) groups excluding carboxylic acids is 2. The average Bonchev–Trinajstić information content (AvgIpc) is 2.54. The summed E-state index contributed by atoms with van der Waals surface area (Å²) in [6.07, 6.45) is -0.0864. The molecule has 0 unspecified atom stereocenters. The van der Waals surface area contributed by atoms with Crippen molar-refractivity contribution in [3.63, 3.8) is 0 Å². The van der Waals surface area contributed by atoms with Crippen LogP contribution >= 0.6 is 11.6 Å². The molecule has 0 saturated carbocycles. The van der Waals surface area contributed by atoms with E-state index in [1.54, 1.807) is 0 Å². The van der Waals surface area contributed by atoms with Gasteiger partial charge < -0.3 is 10.1 Å². The number of hydrogen-bond donors (Lipinski definition) is 1. The van der Waals surface area contributed by atoms with Crippen LogP contribution in [0.4, 0.5) is 5.69 Å². The largest absolute Gasteiger partial charge is 0.453 e. The van der Waals surface area contributed by atoms with Gasteiger partial charge in [0.15, 0.2) is 6.10 Å². The number of nitrogens with one attached hydrogen (secondary N) is 1. The van der Waals surface area contributed by atoms with E-state index in [-0.39, 0.29) is 22.0 Å². The van der Waals surface area contributed by atoms with Crippen molar-refractivity contribution < 1.29 is 22.7 Å². The molecule has 0 aromatic heterocycles. The highest BCUT2D eigenvalue weighted by atomic mass is 35.5. The Morgan fingerprint density at radius 3 is 2.38 bits per heavy atom. The summed E-state index contributed by atoms with van der Waals surface area (Å²) in [6, 6.07) is 4.12. The first-order valence-electron chi connectivity index (χ1n) is 8.17. The summed E-state index contributed by atoms with van der Waals surface area (Å²) < 4.78 is 30.6. The molecule has 0 heterocycles. The molecular formula is C17H25ClN2O5S. The fraction of sp³-hybridized carbons (Fsp3) is 0.529. The quantitative estimate of drug-likeness (QED) is 0.672. The minimum absolute atomic E-state index is 0.0462. The number of hydrogen-bond acceptors (Lipinski definition) is 5. The second kappa shape index (κ2) is 9.34. The van der Waals surface area contributed by atoms with Crippen molar-refractivity contribution >= 4 is 39.2 Å². The summed E-state index contributed by atoms with van der Waals surface area (Å²) in [4.78, 5) is 23.8. The van der Waals surface area contributed by atoms with E-state index in [9.17, 15) is 18.0 Å². The molecule has 1 aromatic rings. The molecule has 1 amide bonds. The van der Waals surface area contributed by atoms with Gasteiger partial charge in [0.25, 0.3) is 5.91 Å². The number of anilines is 1. The Labute approximate surface area is 159 Å². The van der Waals surface area contributed by atoms with Crippen LogP contribution in [0.15, 0.2) is 23.1 Å². The fourth-order valence-electron chi connectivity index (χ4n) is 1.94. The highest BCUT2D eigenvalue weighted by molar-refractivity contribution is 7.89. The number of rotatable bonds is 8. The van der Waals surface area contributed by atoms with Crippen LogP contribution in [0.2, 0.25) is 5.02 Å². The third kappa shape index (κ3) is 6.26. The molecule has 0 fully saturated rings. The molecule has 1 atom stereocenters. The number of sulfonamides is 1. The molecule has 7 nitrogen and oxygen atoms in total. The smallest absolute Gasteiger partial charge is 0.306 e. The zero-order valence-corrected chi connectivity index (χ0v) is 17.1. The van der Waals surface area contributed by atoms with Crippen LogP contribution in [-0.4, -0.2) is 44.8 Å². The zero-order chi connectivity index (χ0) is 20.1. The average molecular weight is 405 g/mol. The minimum atomic E-state index is -3.76. The Bertz CT molecular complexity index is 762. The first-order chi connectivity index (χ1) is 11.9. The van der Waals surface area contributed by atoms with E-state index in [1.807, 2.05) is 13.8 Å². The molecule has 0 bridgehead atoms. The second-order valence-electron chi connectivity index (χ2n) is 6.49. The van der Waals surface area contributed by atoms with Gasteiger partial charge in [-0.1, -0.05) is 25.4 Å². The number of esters is 1. The van der Waals surface area contributed by atoms with Crippen molar-refractivity contribution in [1.29, 1.82) is 0 Å². The molecule has 0 radical (unpaired) electrons. The van der Waals surface area contributed by atoms with Crippen molar-refractivity contribution in [2.45, 2.75) is 44.6 Å². The maximum Gasteiger partial charge on any atom is 0.306 e. The van der Waals surface area contributed by atoms with Gasteiger partial charge in [-0.15, -0.1) is 0 Å². The predicted octanol–water partition coefficient (Wildman–Crippen LogP) is 2.90. The van der Waals surface area contributed by atoms with E-state index in [2.05, 4.69) is 5.32 Å². The Balaban J connectivity index is 2.83. The van der Waals surface area contributed by atoms with Crippen LogP contribution in [0.1, 0.15) is 33.6 Å². The van der Waals surface area contributed by atoms with Crippen LogP contribution in [0.3, 0.4) is 0 Å². The van der Waals surface area contributed by atoms with Gasteiger partial charge >= 0.3 is 5.97 Å². The van der Waals surface area contributed by atoms with Crippen molar-refractivity contribution in [2.75, 3.05) is 19.4 Å². The lowest BCUT2D eigenvalue weighted by Gasteiger charge is -2.16. The summed E-state index contributed by atoms with van der Waals surface area (Å²) in [5.74, 6) is -0.649. The van der Waals surface area contributed by atoms with Gasteiger partial charge in [0.2, 0.25) is 10.0 Å². The van der Waals surface area contributed by atoms with Crippen molar-refractivity contribution in [2.24, 2.45) is 5.92 Å². The van der Waals surface area contributed by atoms with E-state index < -0.39 is 28.0 Å². The minimum Gasteiger partial charge on any atom is -0.453 e. The highest BCUT2D eigenvalue weighted by Crippen LogP contribution is 2.27. The molecule has 0 spiro atoms. The summed E-state index contributed by atoms with van der Waals surface area (Å²) in [5, 5.41) is 2.58. The Kier molecular flexibility index (Phi) is 8.05. The van der Waals surface area contributed by atoms with E-state index >= 15 is 0 Å². The number of amides is 1. The van der Waals surface area contributed by atoms with Gasteiger partial charge in [-0.05, 0) is 37.5 Å². The Morgan fingerprint density at radius 1 is 1.23 bits per heavy atom. The molecule has 1 aromatic carbocycles. The van der Waals surface area contributed by atoms with Gasteiger partial charge in [-0.2, -0.15) is 0 Å². The van der Waals surface area contributed by atoms with Crippen LogP contribution in [0.5, 0.6) is 0 Å². The summed E-state index contributed by atoms with van der Waals surface area (Å²) >= 11 is 5.97. The van der Waals surface area contributed by atoms with Gasteiger partial charge in [0.05, 0.1) is 5.02 Å². The maximum atomic E-state index is 12.3. The van der Waals surface area contributed by atoms with Crippen LogP contribution in [0, 0.1) is 5.92 Å². The topological polar surface area (TPSA) is 92.8 Å². The molecule has 0 aliphatic carbocycles. The van der Waals surface area contributed by atoms with Crippen LogP contribution in [0.25, 0.3) is 0 Å². The summed E-state index contributed by atoms with van der Waals surface area (Å²) in [7, 11) is -0.987. The molecule has 1 N–H and O–H groups in total. The van der Waals surface area contributed by atoms with Gasteiger partial charge in [-0.25, -0.2) is 12.7 Å². The van der Waals surface area contributed by atoms with Gasteiger partial charge in [0.1, 0.15) is 4.90 Å². The maximum absolute atomic E-state index is 12.3. The van der Waals surface area contributed by atoms with Crippen LogP contribution < -0.4 is 5.32 Å². The van der Waals surface area contributed by atoms with E-state index in [0.717, 1.165) is 4.31 Å². The lowest BCUT2D eigenvalue weighted by molar-refractivity contribution is -0.153. The van der Waals surface area contributed by atoms with Crippen molar-refractivity contribution in [1.82, 2.24) is 4.31 Å². The molecule has 146 valence electrons. The molecule has 26 heavy (non-hydrogen) atoms. The van der Waals surface area contributed by atoms with E-state index in [0.29, 0.717) is 12.3 Å². The van der Waals surface area contributed by atoms with Gasteiger partial charge in [-0.3, -0.25) is 9.59 Å². The first-order valence-corrected chi connectivity index (χ1v) is 9.99. The Morgan fingerprint density at radius 2 is 1.85 bits per heavy atom. The molecule has 1 rings (SSSR count). The normalized spacial score (nSPS) is 12.9. The predicted molar refractivity (Wildman–Crippen MR) is 101 cm³/mol. The third-order valence-electron chi connectivity index (χ3n) is 3.56. The first kappa shape index (κ1) is 22.4. The zero-order valence-electron chi connectivity index (χ0n) is 15.6. The summed E-state index contributed by atoms with van der Waals surface area (Å²) in [6.45, 7) is 5.43. The molecule has 9 heteroatoms. The summed E-state index contributed by atoms with van der Waals surface area (Å²) in [5.41, 5.74) is 0.241. The number of benzene rings is 1. The Hall–Kier alpha value is -1.64. The SMILES string of the molecule is CC(C)CCC(=O)O[C@H](C)C(=O)Nc1ccc(Cl)c(S(=O)(=O)N(C)C)c1. The van der Waals surface area contributed by atoms with Crippen molar-refractivity contribution in [3.05, 3.63) is 23.2 Å². The molecule has 0 aliphatic rings. The van der Waals surface area contributed by atoms with E-state index in [4.69, 9.17) is 16.3 Å². The monoisotopic (exact) mass is 404 g/mol. The third-order valence-corrected chi connectivity index (χ3v) is 5.86.